The zero-order valence-corrected chi connectivity index (χ0v) is 11.6. The molecule has 1 aliphatic heterocycles. The van der Waals surface area contributed by atoms with Crippen LogP contribution in [0, 0.1) is 6.92 Å². The quantitative estimate of drug-likeness (QED) is 0.823. The summed E-state index contributed by atoms with van der Waals surface area (Å²) in [5.74, 6) is 0.725. The Balaban J connectivity index is 2.13. The van der Waals surface area contributed by atoms with Crippen LogP contribution in [-0.2, 0) is 16.6 Å². The number of rotatable bonds is 4. The van der Waals surface area contributed by atoms with E-state index in [2.05, 4.69) is 15.0 Å². The molecule has 0 spiro atoms. The Bertz CT molecular complexity index is 503. The summed E-state index contributed by atoms with van der Waals surface area (Å²) in [5, 5.41) is 3.33. The normalized spacial score (nSPS) is 18.1. The second-order valence-electron chi connectivity index (χ2n) is 4.56. The van der Waals surface area contributed by atoms with E-state index in [0.29, 0.717) is 0 Å². The van der Waals surface area contributed by atoms with Crippen LogP contribution in [0.3, 0.4) is 0 Å². The van der Waals surface area contributed by atoms with E-state index in [-0.39, 0.29) is 11.1 Å². The molecule has 102 valence electrons. The first-order valence-electron chi connectivity index (χ1n) is 6.29. The standard InChI is InChI=1S/C11H20N4O2S/c1-3-15-8-11(13-9(15)2)18(16,17)14-10-4-6-12-7-5-10/h8,10,12,14H,3-7H2,1-2H3. The first-order valence-corrected chi connectivity index (χ1v) is 7.78. The molecule has 1 aliphatic rings. The number of hydrogen-bond acceptors (Lipinski definition) is 4. The van der Waals surface area contributed by atoms with Gasteiger partial charge in [0.1, 0.15) is 5.82 Å². The van der Waals surface area contributed by atoms with Crippen LogP contribution in [0.1, 0.15) is 25.6 Å². The Kier molecular flexibility index (Phi) is 4.04. The minimum Gasteiger partial charge on any atom is -0.334 e. The van der Waals surface area contributed by atoms with Gasteiger partial charge in [0.2, 0.25) is 0 Å². The van der Waals surface area contributed by atoms with Gasteiger partial charge in [-0.15, -0.1) is 0 Å². The van der Waals surface area contributed by atoms with Crippen LogP contribution in [0.15, 0.2) is 11.2 Å². The lowest BCUT2D eigenvalue weighted by atomic mass is 10.1. The van der Waals surface area contributed by atoms with Crippen LogP contribution < -0.4 is 10.0 Å². The van der Waals surface area contributed by atoms with Crippen molar-refractivity contribution in [3.8, 4) is 0 Å². The third-order valence-electron chi connectivity index (χ3n) is 3.23. The molecule has 2 heterocycles. The lowest BCUT2D eigenvalue weighted by Gasteiger charge is -2.22. The van der Waals surface area contributed by atoms with E-state index in [4.69, 9.17) is 0 Å². The zero-order chi connectivity index (χ0) is 13.2. The summed E-state index contributed by atoms with van der Waals surface area (Å²) in [6, 6.07) is 0.0170. The van der Waals surface area contributed by atoms with E-state index in [0.717, 1.165) is 38.3 Å². The molecular weight excluding hydrogens is 252 g/mol. The number of imidazole rings is 1. The molecule has 1 aromatic heterocycles. The fraction of sp³-hybridized carbons (Fsp3) is 0.727. The highest BCUT2D eigenvalue weighted by atomic mass is 32.2. The van der Waals surface area contributed by atoms with E-state index >= 15 is 0 Å². The van der Waals surface area contributed by atoms with Crippen molar-refractivity contribution in [1.82, 2.24) is 19.6 Å². The molecule has 18 heavy (non-hydrogen) atoms. The van der Waals surface area contributed by atoms with Gasteiger partial charge in [-0.2, -0.15) is 0 Å². The minimum atomic E-state index is -3.48. The second kappa shape index (κ2) is 5.38. The Morgan fingerprint density at radius 3 is 2.72 bits per heavy atom. The van der Waals surface area contributed by atoms with Crippen molar-refractivity contribution in [2.45, 2.75) is 44.3 Å². The van der Waals surface area contributed by atoms with Crippen molar-refractivity contribution >= 4 is 10.0 Å². The van der Waals surface area contributed by atoms with Gasteiger partial charge in [0, 0.05) is 18.8 Å². The van der Waals surface area contributed by atoms with Gasteiger partial charge in [0.25, 0.3) is 10.0 Å². The highest BCUT2D eigenvalue weighted by Crippen LogP contribution is 2.12. The van der Waals surface area contributed by atoms with Gasteiger partial charge in [0.15, 0.2) is 5.03 Å². The molecule has 0 aromatic carbocycles. The number of sulfonamides is 1. The first kappa shape index (κ1) is 13.5. The summed E-state index contributed by atoms with van der Waals surface area (Å²) in [5.41, 5.74) is 0. The summed E-state index contributed by atoms with van der Waals surface area (Å²) in [7, 11) is -3.48. The third kappa shape index (κ3) is 2.90. The summed E-state index contributed by atoms with van der Waals surface area (Å²) >= 11 is 0. The highest BCUT2D eigenvalue weighted by molar-refractivity contribution is 7.89. The molecule has 0 aliphatic carbocycles. The number of nitrogens with one attached hydrogen (secondary N) is 2. The van der Waals surface area contributed by atoms with Crippen molar-refractivity contribution in [1.29, 1.82) is 0 Å². The monoisotopic (exact) mass is 272 g/mol. The van der Waals surface area contributed by atoms with Crippen LogP contribution >= 0.6 is 0 Å². The number of hydrogen-bond donors (Lipinski definition) is 2. The maximum Gasteiger partial charge on any atom is 0.259 e. The van der Waals surface area contributed by atoms with Crippen LogP contribution in [0.25, 0.3) is 0 Å². The molecule has 0 amide bonds. The molecule has 2 rings (SSSR count). The summed E-state index contributed by atoms with van der Waals surface area (Å²) in [6.07, 6.45) is 3.25. The van der Waals surface area contributed by atoms with Crippen molar-refractivity contribution in [3.05, 3.63) is 12.0 Å². The average Bonchev–Trinajstić information content (AvgIpc) is 2.72. The molecule has 0 atom stereocenters. The van der Waals surface area contributed by atoms with Gasteiger partial charge < -0.3 is 9.88 Å². The van der Waals surface area contributed by atoms with Crippen LogP contribution in [-0.4, -0.2) is 37.1 Å². The van der Waals surface area contributed by atoms with Crippen LogP contribution in [0.2, 0.25) is 0 Å². The van der Waals surface area contributed by atoms with Crippen molar-refractivity contribution < 1.29 is 8.42 Å². The van der Waals surface area contributed by atoms with Gasteiger partial charge in [-0.05, 0) is 39.8 Å². The third-order valence-corrected chi connectivity index (χ3v) is 4.62. The zero-order valence-electron chi connectivity index (χ0n) is 10.8. The first-order chi connectivity index (χ1) is 8.53. The van der Waals surface area contributed by atoms with E-state index in [1.165, 1.54) is 0 Å². The maximum atomic E-state index is 12.2. The molecule has 0 radical (unpaired) electrons. The van der Waals surface area contributed by atoms with Crippen molar-refractivity contribution in [2.75, 3.05) is 13.1 Å². The predicted octanol–water partition coefficient (Wildman–Crippen LogP) is 0.242. The maximum absolute atomic E-state index is 12.2. The lowest BCUT2D eigenvalue weighted by Crippen LogP contribution is -2.42. The molecule has 1 saturated heterocycles. The SMILES string of the molecule is CCn1cc(S(=O)(=O)NC2CCNCC2)nc1C. The Morgan fingerprint density at radius 1 is 1.50 bits per heavy atom. The second-order valence-corrected chi connectivity index (χ2v) is 6.22. The van der Waals surface area contributed by atoms with Gasteiger partial charge in [0.05, 0.1) is 0 Å². The van der Waals surface area contributed by atoms with E-state index in [1.54, 1.807) is 6.20 Å². The Hall–Kier alpha value is -0.920. The molecule has 7 heteroatoms. The van der Waals surface area contributed by atoms with Gasteiger partial charge in [-0.3, -0.25) is 0 Å². The summed E-state index contributed by atoms with van der Waals surface area (Å²) < 4.78 is 28.9. The van der Waals surface area contributed by atoms with E-state index < -0.39 is 10.0 Å². The highest BCUT2D eigenvalue weighted by Gasteiger charge is 2.24. The fourth-order valence-electron chi connectivity index (χ4n) is 2.15. The smallest absolute Gasteiger partial charge is 0.259 e. The minimum absolute atomic E-state index is 0.0170. The molecular formula is C11H20N4O2S. The number of nitrogens with zero attached hydrogens (tertiary/aromatic N) is 2. The number of aryl methyl sites for hydroxylation is 2. The molecule has 6 nitrogen and oxygen atoms in total. The van der Waals surface area contributed by atoms with Crippen molar-refractivity contribution in [2.24, 2.45) is 0 Å². The predicted molar refractivity (Wildman–Crippen MR) is 68.9 cm³/mol. The molecule has 0 bridgehead atoms. The van der Waals surface area contributed by atoms with Gasteiger partial charge >= 0.3 is 0 Å². The average molecular weight is 272 g/mol. The molecule has 1 aromatic rings. The molecule has 2 N–H and O–H groups in total. The van der Waals surface area contributed by atoms with Gasteiger partial charge in [-0.1, -0.05) is 0 Å². The Morgan fingerprint density at radius 2 is 2.17 bits per heavy atom. The molecule has 1 fully saturated rings. The van der Waals surface area contributed by atoms with Gasteiger partial charge in [-0.25, -0.2) is 18.1 Å². The van der Waals surface area contributed by atoms with E-state index in [1.807, 2.05) is 18.4 Å². The lowest BCUT2D eigenvalue weighted by molar-refractivity contribution is 0.426. The number of aromatic nitrogens is 2. The number of piperidine rings is 1. The topological polar surface area (TPSA) is 76.0 Å². The van der Waals surface area contributed by atoms with Crippen molar-refractivity contribution in [3.63, 3.8) is 0 Å². The van der Waals surface area contributed by atoms with Crippen LogP contribution in [0.4, 0.5) is 0 Å². The summed E-state index contributed by atoms with van der Waals surface area (Å²) in [6.45, 7) is 6.21. The van der Waals surface area contributed by atoms with Crippen LogP contribution in [0.5, 0.6) is 0 Å². The fourth-order valence-corrected chi connectivity index (χ4v) is 3.46. The summed E-state index contributed by atoms with van der Waals surface area (Å²) in [4.78, 5) is 4.12. The Labute approximate surface area is 108 Å². The largest absolute Gasteiger partial charge is 0.334 e. The van der Waals surface area contributed by atoms with E-state index in [9.17, 15) is 8.42 Å². The molecule has 0 saturated carbocycles. The molecule has 0 unspecified atom stereocenters.